The zero-order valence-corrected chi connectivity index (χ0v) is 16.4. The standard InChI is InChI=1S/C19H21N5O3S/c1-3-27-16-7-5-4-6-15(16)21-17-18(25)24(20)19(23-22-17)28-12-13-8-10-14(26-2)11-9-13/h4-11H,3,12,20H2,1-2H3,(H,21,22). The summed E-state index contributed by atoms with van der Waals surface area (Å²) >= 11 is 1.33. The van der Waals surface area contributed by atoms with Crippen LogP contribution in [0.1, 0.15) is 12.5 Å². The molecule has 0 aliphatic rings. The van der Waals surface area contributed by atoms with Gasteiger partial charge in [-0.05, 0) is 36.8 Å². The number of aromatic nitrogens is 3. The van der Waals surface area contributed by atoms with E-state index in [4.69, 9.17) is 15.3 Å². The van der Waals surface area contributed by atoms with Gasteiger partial charge in [-0.2, -0.15) is 4.68 Å². The fourth-order valence-electron chi connectivity index (χ4n) is 2.41. The number of benzene rings is 2. The molecule has 0 fully saturated rings. The summed E-state index contributed by atoms with van der Waals surface area (Å²) in [5, 5.41) is 11.4. The van der Waals surface area contributed by atoms with Gasteiger partial charge in [0.05, 0.1) is 19.4 Å². The Morgan fingerprint density at radius 3 is 2.61 bits per heavy atom. The highest BCUT2D eigenvalue weighted by Crippen LogP contribution is 2.26. The minimum atomic E-state index is -0.474. The van der Waals surface area contributed by atoms with Crippen molar-refractivity contribution in [1.82, 2.24) is 14.9 Å². The summed E-state index contributed by atoms with van der Waals surface area (Å²) in [6.07, 6.45) is 0. The summed E-state index contributed by atoms with van der Waals surface area (Å²) in [4.78, 5) is 12.6. The van der Waals surface area contributed by atoms with Crippen molar-refractivity contribution in [3.05, 3.63) is 64.4 Å². The number of anilines is 2. The maximum atomic E-state index is 12.6. The second-order valence-corrected chi connectivity index (χ2v) is 6.64. The number of methoxy groups -OCH3 is 1. The Morgan fingerprint density at radius 2 is 1.89 bits per heavy atom. The molecule has 2 aromatic carbocycles. The third kappa shape index (κ3) is 4.55. The number of nitrogens with two attached hydrogens (primary N) is 1. The van der Waals surface area contributed by atoms with E-state index in [2.05, 4.69) is 15.5 Å². The lowest BCUT2D eigenvalue weighted by Crippen LogP contribution is -2.32. The van der Waals surface area contributed by atoms with Gasteiger partial charge in [-0.25, -0.2) is 0 Å². The zero-order valence-electron chi connectivity index (χ0n) is 15.6. The molecule has 0 aliphatic heterocycles. The molecule has 3 N–H and O–H groups in total. The molecule has 0 saturated carbocycles. The Morgan fingerprint density at radius 1 is 1.14 bits per heavy atom. The van der Waals surface area contributed by atoms with Crippen molar-refractivity contribution in [3.63, 3.8) is 0 Å². The van der Waals surface area contributed by atoms with Crippen LogP contribution in [0.25, 0.3) is 0 Å². The highest BCUT2D eigenvalue weighted by Gasteiger charge is 2.13. The van der Waals surface area contributed by atoms with Gasteiger partial charge in [0, 0.05) is 5.75 Å². The summed E-state index contributed by atoms with van der Waals surface area (Å²) in [5.41, 5.74) is 1.20. The first-order chi connectivity index (χ1) is 13.6. The molecule has 9 heteroatoms. The van der Waals surface area contributed by atoms with Crippen LogP contribution >= 0.6 is 11.8 Å². The largest absolute Gasteiger partial charge is 0.497 e. The molecule has 0 atom stereocenters. The number of hydrogen-bond donors (Lipinski definition) is 2. The minimum absolute atomic E-state index is 0.0310. The molecule has 8 nitrogen and oxygen atoms in total. The van der Waals surface area contributed by atoms with E-state index in [0.717, 1.165) is 16.0 Å². The third-order valence-corrected chi connectivity index (χ3v) is 4.84. The van der Waals surface area contributed by atoms with Gasteiger partial charge in [-0.1, -0.05) is 36.0 Å². The van der Waals surface area contributed by atoms with Gasteiger partial charge in [-0.3, -0.25) is 4.79 Å². The van der Waals surface area contributed by atoms with E-state index in [1.54, 1.807) is 19.2 Å². The van der Waals surface area contributed by atoms with Crippen LogP contribution in [-0.4, -0.2) is 28.6 Å². The molecular formula is C19H21N5O3S. The molecule has 0 amide bonds. The van der Waals surface area contributed by atoms with Crippen molar-refractivity contribution < 1.29 is 9.47 Å². The molecule has 3 rings (SSSR count). The SMILES string of the molecule is CCOc1ccccc1Nc1nnc(SCc2ccc(OC)cc2)n(N)c1=O. The van der Waals surface area contributed by atoms with E-state index in [-0.39, 0.29) is 5.82 Å². The lowest BCUT2D eigenvalue weighted by atomic mass is 10.2. The van der Waals surface area contributed by atoms with E-state index in [9.17, 15) is 4.79 Å². The minimum Gasteiger partial charge on any atom is -0.497 e. The fourth-order valence-corrected chi connectivity index (χ4v) is 3.22. The van der Waals surface area contributed by atoms with Crippen molar-refractivity contribution in [3.8, 4) is 11.5 Å². The summed E-state index contributed by atoms with van der Waals surface area (Å²) in [7, 11) is 1.62. The van der Waals surface area contributed by atoms with E-state index < -0.39 is 5.56 Å². The molecule has 0 spiro atoms. The summed E-state index contributed by atoms with van der Waals surface area (Å²) in [6, 6.07) is 14.9. The van der Waals surface area contributed by atoms with Gasteiger partial charge in [0.1, 0.15) is 11.5 Å². The van der Waals surface area contributed by atoms with Crippen LogP contribution in [0.4, 0.5) is 11.5 Å². The average Bonchev–Trinajstić information content (AvgIpc) is 2.73. The molecule has 1 heterocycles. The van der Waals surface area contributed by atoms with Crippen molar-refractivity contribution in [2.24, 2.45) is 0 Å². The fraction of sp³-hybridized carbons (Fsp3) is 0.211. The van der Waals surface area contributed by atoms with Crippen molar-refractivity contribution in [1.29, 1.82) is 0 Å². The first-order valence-corrected chi connectivity index (χ1v) is 9.60. The molecule has 1 aromatic heterocycles. The Hall–Kier alpha value is -3.20. The second kappa shape index (κ2) is 9.14. The first-order valence-electron chi connectivity index (χ1n) is 8.61. The average molecular weight is 399 g/mol. The lowest BCUT2D eigenvalue weighted by Gasteiger charge is -2.12. The van der Waals surface area contributed by atoms with E-state index in [1.165, 1.54) is 11.8 Å². The number of ether oxygens (including phenoxy) is 2. The van der Waals surface area contributed by atoms with E-state index in [0.29, 0.717) is 29.0 Å². The van der Waals surface area contributed by atoms with Crippen LogP contribution in [0.2, 0.25) is 0 Å². The Labute approximate surface area is 166 Å². The summed E-state index contributed by atoms with van der Waals surface area (Å²) in [5.74, 6) is 7.96. The van der Waals surface area contributed by atoms with Crippen LogP contribution in [0, 0.1) is 0 Å². The van der Waals surface area contributed by atoms with E-state index in [1.807, 2.05) is 43.3 Å². The highest BCUT2D eigenvalue weighted by atomic mass is 32.2. The molecule has 0 unspecified atom stereocenters. The normalized spacial score (nSPS) is 10.5. The third-order valence-electron chi connectivity index (χ3n) is 3.83. The number of hydrogen-bond acceptors (Lipinski definition) is 8. The quantitative estimate of drug-likeness (QED) is 0.440. The number of nitrogen functional groups attached to an aromatic ring is 1. The number of nitrogens with one attached hydrogen (secondary N) is 1. The molecule has 0 bridgehead atoms. The van der Waals surface area contributed by atoms with Crippen molar-refractivity contribution in [2.75, 3.05) is 24.9 Å². The van der Waals surface area contributed by atoms with Gasteiger partial charge in [0.15, 0.2) is 0 Å². The molecule has 3 aromatic rings. The van der Waals surface area contributed by atoms with E-state index >= 15 is 0 Å². The molecule has 28 heavy (non-hydrogen) atoms. The first kappa shape index (κ1) is 19.6. The molecule has 0 aliphatic carbocycles. The Balaban J connectivity index is 1.74. The van der Waals surface area contributed by atoms with Gasteiger partial charge >= 0.3 is 5.56 Å². The highest BCUT2D eigenvalue weighted by molar-refractivity contribution is 7.98. The molecule has 0 saturated heterocycles. The van der Waals surface area contributed by atoms with Gasteiger partial charge < -0.3 is 20.6 Å². The van der Waals surface area contributed by atoms with Gasteiger partial charge in [-0.15, -0.1) is 10.2 Å². The van der Waals surface area contributed by atoms with Crippen LogP contribution < -0.4 is 26.2 Å². The second-order valence-electron chi connectivity index (χ2n) is 5.70. The van der Waals surface area contributed by atoms with Crippen LogP contribution in [0.3, 0.4) is 0 Å². The summed E-state index contributed by atoms with van der Waals surface area (Å²) in [6.45, 7) is 2.39. The summed E-state index contributed by atoms with van der Waals surface area (Å²) < 4.78 is 11.7. The maximum Gasteiger partial charge on any atom is 0.315 e. The lowest BCUT2D eigenvalue weighted by molar-refractivity contribution is 0.342. The van der Waals surface area contributed by atoms with Crippen molar-refractivity contribution >= 4 is 23.3 Å². The smallest absolute Gasteiger partial charge is 0.315 e. The van der Waals surface area contributed by atoms with Crippen LogP contribution in [-0.2, 0) is 5.75 Å². The number of thioether (sulfide) groups is 1. The van der Waals surface area contributed by atoms with Crippen molar-refractivity contribution in [2.45, 2.75) is 17.8 Å². The predicted octanol–water partition coefficient (Wildman–Crippen LogP) is 2.80. The van der Waals surface area contributed by atoms with Gasteiger partial charge in [0.2, 0.25) is 11.0 Å². The molecule has 146 valence electrons. The monoisotopic (exact) mass is 399 g/mol. The number of rotatable bonds is 8. The Bertz CT molecular complexity index is 992. The number of para-hydroxylation sites is 2. The molecule has 0 radical (unpaired) electrons. The molecular weight excluding hydrogens is 378 g/mol. The topological polar surface area (TPSA) is 104 Å². The van der Waals surface area contributed by atoms with Crippen LogP contribution in [0.15, 0.2) is 58.5 Å². The predicted molar refractivity (Wildman–Crippen MR) is 110 cm³/mol. The number of nitrogens with zero attached hydrogens (tertiary/aromatic N) is 3. The zero-order chi connectivity index (χ0) is 19.9. The maximum absolute atomic E-state index is 12.6. The van der Waals surface area contributed by atoms with Crippen LogP contribution in [0.5, 0.6) is 11.5 Å². The Kier molecular flexibility index (Phi) is 6.38. The van der Waals surface area contributed by atoms with Gasteiger partial charge in [0.25, 0.3) is 0 Å².